The van der Waals surface area contributed by atoms with Gasteiger partial charge in [0.25, 0.3) is 20.0 Å². The Morgan fingerprint density at radius 2 is 1.13 bits per heavy atom. The number of para-hydroxylation sites is 2. The first-order valence-corrected chi connectivity index (χ1v) is 20.0. The molecule has 304 valence electrons. The maximum absolute atomic E-state index is 12.7. The minimum Gasteiger partial charge on any atom is -0.497 e. The normalized spacial score (nSPS) is 14.5. The van der Waals surface area contributed by atoms with Crippen LogP contribution in [0.25, 0.3) is 0 Å². The molecule has 6 rings (SSSR count). The van der Waals surface area contributed by atoms with Crippen molar-refractivity contribution in [3.05, 3.63) is 84.9 Å². The molecule has 4 aromatic carbocycles. The molecule has 4 aromatic rings. The zero-order valence-corrected chi connectivity index (χ0v) is 34.8. The summed E-state index contributed by atoms with van der Waals surface area (Å²) < 4.78 is 66.2. The molecule has 2 heterocycles. The van der Waals surface area contributed by atoms with Crippen molar-refractivity contribution in [1.82, 2.24) is 10.6 Å². The number of benzene rings is 4. The lowest BCUT2D eigenvalue weighted by Gasteiger charge is -2.24. The third-order valence-corrected chi connectivity index (χ3v) is 11.4. The van der Waals surface area contributed by atoms with Gasteiger partial charge in [-0.25, -0.2) is 16.8 Å². The van der Waals surface area contributed by atoms with Gasteiger partial charge in [0.15, 0.2) is 0 Å². The van der Waals surface area contributed by atoms with Gasteiger partial charge in [0.2, 0.25) is 0 Å². The highest BCUT2D eigenvalue weighted by Gasteiger charge is 2.21. The number of rotatable bonds is 10. The number of nitrogens with one attached hydrogen (secondary N) is 4. The van der Waals surface area contributed by atoms with E-state index in [-0.39, 0.29) is 47.0 Å². The second kappa shape index (κ2) is 21.9. The molecule has 2 fully saturated rings. The summed E-state index contributed by atoms with van der Waals surface area (Å²) in [5, 5.41) is 6.68. The molecule has 0 radical (unpaired) electrons. The van der Waals surface area contributed by atoms with Gasteiger partial charge in [0.1, 0.15) is 11.5 Å². The molecular formula is C36H51Cl3N8O6S2. The van der Waals surface area contributed by atoms with E-state index in [1.165, 1.54) is 26.4 Å². The van der Waals surface area contributed by atoms with Crippen molar-refractivity contribution in [1.29, 1.82) is 0 Å². The summed E-state index contributed by atoms with van der Waals surface area (Å²) in [6, 6.07) is 23.4. The summed E-state index contributed by atoms with van der Waals surface area (Å²) in [5.74, 6) is 1.03. The van der Waals surface area contributed by atoms with E-state index in [0.29, 0.717) is 34.2 Å². The number of nitrogen functional groups attached to an aromatic ring is 2. The van der Waals surface area contributed by atoms with E-state index in [1.807, 2.05) is 0 Å². The summed E-state index contributed by atoms with van der Waals surface area (Å²) in [6.07, 6.45) is 2.05. The molecular weight excluding hydrogens is 811 g/mol. The zero-order chi connectivity index (χ0) is 37.1. The Morgan fingerprint density at radius 3 is 1.64 bits per heavy atom. The van der Waals surface area contributed by atoms with E-state index in [9.17, 15) is 16.8 Å². The molecule has 0 bridgehead atoms. The fourth-order valence-corrected chi connectivity index (χ4v) is 8.17. The number of ether oxygens (including phenoxy) is 2. The average Bonchev–Trinajstić information content (AvgIpc) is 3.58. The molecule has 0 saturated carbocycles. The van der Waals surface area contributed by atoms with Gasteiger partial charge in [0.05, 0.1) is 58.1 Å². The van der Waals surface area contributed by atoms with Crippen LogP contribution in [0.3, 0.4) is 0 Å². The van der Waals surface area contributed by atoms with Crippen LogP contribution in [0.15, 0.2) is 94.7 Å². The number of nitrogens with zero attached hydrogens (tertiary/aromatic N) is 2. The maximum Gasteiger partial charge on any atom is 0.262 e. The highest BCUT2D eigenvalue weighted by molar-refractivity contribution is 7.93. The van der Waals surface area contributed by atoms with Crippen molar-refractivity contribution in [3.63, 3.8) is 0 Å². The van der Waals surface area contributed by atoms with Crippen molar-refractivity contribution >= 4 is 91.4 Å². The Labute approximate surface area is 343 Å². The largest absolute Gasteiger partial charge is 0.497 e. The summed E-state index contributed by atoms with van der Waals surface area (Å²) in [6.45, 7) is 7.20. The van der Waals surface area contributed by atoms with Crippen LogP contribution in [0, 0.1) is 0 Å². The number of nitrogens with two attached hydrogens (primary N) is 2. The molecule has 0 aliphatic carbocycles. The Hall–Kier alpha value is -4.03. The maximum atomic E-state index is 12.7. The number of hydrogen-bond donors (Lipinski definition) is 6. The van der Waals surface area contributed by atoms with Crippen molar-refractivity contribution in [3.8, 4) is 11.5 Å². The smallest absolute Gasteiger partial charge is 0.262 e. The van der Waals surface area contributed by atoms with Gasteiger partial charge in [-0.15, -0.1) is 37.2 Å². The fourth-order valence-electron chi connectivity index (χ4n) is 5.98. The number of sulfonamides is 2. The summed E-state index contributed by atoms with van der Waals surface area (Å²) in [4.78, 5) is 4.62. The molecule has 0 unspecified atom stereocenters. The number of anilines is 6. The van der Waals surface area contributed by atoms with Gasteiger partial charge in [0, 0.05) is 45.3 Å². The Bertz CT molecular complexity index is 2030. The van der Waals surface area contributed by atoms with Gasteiger partial charge in [-0.3, -0.25) is 9.44 Å². The molecule has 19 heteroatoms. The molecule has 2 saturated heterocycles. The van der Waals surface area contributed by atoms with Crippen molar-refractivity contribution < 1.29 is 26.3 Å². The lowest BCUT2D eigenvalue weighted by Crippen LogP contribution is -2.28. The van der Waals surface area contributed by atoms with Crippen LogP contribution in [0.2, 0.25) is 0 Å². The van der Waals surface area contributed by atoms with E-state index in [1.54, 1.807) is 72.8 Å². The van der Waals surface area contributed by atoms with Crippen molar-refractivity contribution in [2.24, 2.45) is 0 Å². The van der Waals surface area contributed by atoms with Crippen LogP contribution in [-0.2, 0) is 20.0 Å². The van der Waals surface area contributed by atoms with Crippen molar-refractivity contribution in [2.75, 3.05) is 97.3 Å². The van der Waals surface area contributed by atoms with Gasteiger partial charge in [-0.05, 0) is 86.6 Å². The Kier molecular flexibility index (Phi) is 18.8. The van der Waals surface area contributed by atoms with E-state index < -0.39 is 20.0 Å². The molecule has 55 heavy (non-hydrogen) atoms. The Morgan fingerprint density at radius 1 is 0.600 bits per heavy atom. The highest BCUT2D eigenvalue weighted by Crippen LogP contribution is 2.31. The second-order valence-corrected chi connectivity index (χ2v) is 15.6. The third kappa shape index (κ3) is 12.7. The van der Waals surface area contributed by atoms with E-state index in [2.05, 4.69) is 29.9 Å². The summed E-state index contributed by atoms with van der Waals surface area (Å²) in [7, 11) is -4.47. The first kappa shape index (κ1) is 47.1. The van der Waals surface area contributed by atoms with Gasteiger partial charge >= 0.3 is 0 Å². The predicted molar refractivity (Wildman–Crippen MR) is 230 cm³/mol. The molecule has 0 spiro atoms. The molecule has 0 aromatic heterocycles. The number of halogens is 3. The van der Waals surface area contributed by atoms with Crippen molar-refractivity contribution in [2.45, 2.75) is 22.6 Å². The molecule has 0 amide bonds. The number of hydrogen-bond acceptors (Lipinski definition) is 12. The minimum atomic E-state index is -3.76. The van der Waals surface area contributed by atoms with Crippen LogP contribution < -0.4 is 50.8 Å². The molecule has 2 aliphatic heterocycles. The van der Waals surface area contributed by atoms with Crippen LogP contribution in [0.4, 0.5) is 34.1 Å². The minimum absolute atomic E-state index is 0. The molecule has 0 atom stereocenters. The first-order chi connectivity index (χ1) is 25.0. The van der Waals surface area contributed by atoms with E-state index >= 15 is 0 Å². The molecule has 2 aliphatic rings. The lowest BCUT2D eigenvalue weighted by atomic mass is 10.2. The standard InChI is InChI=1S/2C18H24N4O3S.3ClH/c1-25-15-5-2-4-14(12-15)21-26(23,24)16-6-7-18(17(19)13-16)22-10-3-8-20-9-11-22;1-25-18-6-3-2-5-16(18)21-26(23,24)14-7-8-17(15(19)13-14)22-11-4-9-20-10-12-22;;;/h2,4-7,12-13,20-21H,3,8-11,19H2,1H3;2-3,5-8,13,20-21H,4,9-12,19H2,1H3;3*1H. The predicted octanol–water partition coefficient (Wildman–Crippen LogP) is 5.02. The topological polar surface area (TPSA) is 193 Å². The number of methoxy groups -OCH3 is 2. The SMILES string of the molecule is COc1cccc(NS(=O)(=O)c2ccc(N3CCCNCC3)c(N)c2)c1.COc1ccccc1NS(=O)(=O)c1ccc(N2CCCNCC2)c(N)c1.Cl.Cl.Cl. The molecule has 14 nitrogen and oxygen atoms in total. The van der Waals surface area contributed by atoms with Gasteiger partial charge in [-0.2, -0.15) is 0 Å². The summed E-state index contributed by atoms with van der Waals surface area (Å²) in [5.41, 5.74) is 15.8. The molecule has 8 N–H and O–H groups in total. The van der Waals surface area contributed by atoms with Gasteiger partial charge in [-0.1, -0.05) is 18.2 Å². The van der Waals surface area contributed by atoms with Crippen LogP contribution in [-0.4, -0.2) is 83.4 Å². The lowest BCUT2D eigenvalue weighted by molar-refractivity contribution is 0.415. The average molecular weight is 862 g/mol. The quantitative estimate of drug-likeness (QED) is 0.117. The van der Waals surface area contributed by atoms with Crippen LogP contribution >= 0.6 is 37.2 Å². The Balaban J connectivity index is 0.000000360. The van der Waals surface area contributed by atoms with Crippen LogP contribution in [0.1, 0.15) is 12.8 Å². The first-order valence-electron chi connectivity index (χ1n) is 17.0. The summed E-state index contributed by atoms with van der Waals surface area (Å²) >= 11 is 0. The third-order valence-electron chi connectivity index (χ3n) is 8.65. The van der Waals surface area contributed by atoms with E-state index in [0.717, 1.165) is 76.6 Å². The fraction of sp³-hybridized carbons (Fsp3) is 0.333. The van der Waals surface area contributed by atoms with Crippen LogP contribution in [0.5, 0.6) is 11.5 Å². The second-order valence-electron chi connectivity index (χ2n) is 12.3. The van der Waals surface area contributed by atoms with Gasteiger partial charge < -0.3 is 41.4 Å². The highest BCUT2D eigenvalue weighted by atomic mass is 35.5. The monoisotopic (exact) mass is 860 g/mol. The van der Waals surface area contributed by atoms with E-state index in [4.69, 9.17) is 20.9 Å². The zero-order valence-electron chi connectivity index (χ0n) is 30.7.